The highest BCUT2D eigenvalue weighted by molar-refractivity contribution is 5.29. The van der Waals surface area contributed by atoms with Crippen LogP contribution in [0, 0.1) is 0 Å². The molecule has 3 aromatic rings. The average molecular weight is 252 g/mol. The smallest absolute Gasteiger partial charge is 0.222 e. The summed E-state index contributed by atoms with van der Waals surface area (Å²) in [5.41, 5.74) is 1.07. The van der Waals surface area contributed by atoms with E-state index >= 15 is 0 Å². The molecular weight excluding hydrogens is 240 g/mol. The number of hydrogen-bond acceptors (Lipinski definition) is 5. The van der Waals surface area contributed by atoms with E-state index in [4.69, 9.17) is 0 Å². The van der Waals surface area contributed by atoms with Crippen LogP contribution in [0.15, 0.2) is 55.5 Å². The molecule has 1 N–H and O–H groups in total. The molecule has 94 valence electrons. The molecule has 0 saturated carbocycles. The van der Waals surface area contributed by atoms with Gasteiger partial charge in [-0.05, 0) is 17.7 Å². The Morgan fingerprint density at radius 3 is 2.63 bits per heavy atom. The molecule has 0 bridgehead atoms. The zero-order valence-electron chi connectivity index (χ0n) is 10.1. The van der Waals surface area contributed by atoms with Gasteiger partial charge in [0, 0.05) is 37.5 Å². The van der Waals surface area contributed by atoms with Gasteiger partial charge >= 0.3 is 0 Å². The minimum Gasteiger partial charge on any atom is -0.350 e. The van der Waals surface area contributed by atoms with E-state index in [0.717, 1.165) is 11.4 Å². The second-order valence-electron chi connectivity index (χ2n) is 3.92. The maximum Gasteiger partial charge on any atom is 0.222 e. The third-order valence-corrected chi connectivity index (χ3v) is 2.59. The maximum absolute atomic E-state index is 4.38. The fourth-order valence-electron chi connectivity index (χ4n) is 1.64. The van der Waals surface area contributed by atoms with Crippen molar-refractivity contribution in [2.75, 3.05) is 5.32 Å². The molecule has 19 heavy (non-hydrogen) atoms. The molecule has 3 rings (SSSR count). The van der Waals surface area contributed by atoms with Gasteiger partial charge in [-0.1, -0.05) is 6.07 Å². The number of pyridine rings is 1. The Kier molecular flexibility index (Phi) is 3.14. The van der Waals surface area contributed by atoms with Crippen molar-refractivity contribution in [1.29, 1.82) is 0 Å². The van der Waals surface area contributed by atoms with E-state index < -0.39 is 0 Å². The molecule has 0 spiro atoms. The molecule has 3 aromatic heterocycles. The lowest BCUT2D eigenvalue weighted by Gasteiger charge is -2.05. The molecule has 0 aliphatic carbocycles. The van der Waals surface area contributed by atoms with Crippen molar-refractivity contribution in [1.82, 2.24) is 24.5 Å². The van der Waals surface area contributed by atoms with E-state index in [-0.39, 0.29) is 0 Å². The van der Waals surface area contributed by atoms with Gasteiger partial charge in [-0.25, -0.2) is 19.9 Å². The average Bonchev–Trinajstić information content (AvgIpc) is 3.01. The van der Waals surface area contributed by atoms with Gasteiger partial charge in [0.05, 0.1) is 0 Å². The van der Waals surface area contributed by atoms with Crippen LogP contribution in [0.25, 0.3) is 5.82 Å². The molecule has 0 radical (unpaired) electrons. The highest BCUT2D eigenvalue weighted by Gasteiger charge is 1.99. The van der Waals surface area contributed by atoms with Crippen molar-refractivity contribution < 1.29 is 0 Å². The van der Waals surface area contributed by atoms with E-state index in [2.05, 4.69) is 25.3 Å². The first kappa shape index (κ1) is 11.3. The third kappa shape index (κ3) is 2.74. The van der Waals surface area contributed by atoms with Crippen molar-refractivity contribution >= 4 is 5.95 Å². The first-order valence-electron chi connectivity index (χ1n) is 5.86. The predicted molar refractivity (Wildman–Crippen MR) is 70.7 cm³/mol. The Morgan fingerprint density at radius 2 is 1.95 bits per heavy atom. The predicted octanol–water partition coefficient (Wildman–Crippen LogP) is 1.67. The summed E-state index contributed by atoms with van der Waals surface area (Å²) < 4.78 is 1.86. The summed E-state index contributed by atoms with van der Waals surface area (Å²) in [7, 11) is 0. The van der Waals surface area contributed by atoms with Crippen LogP contribution in [0.5, 0.6) is 0 Å². The van der Waals surface area contributed by atoms with Crippen molar-refractivity contribution in [3.63, 3.8) is 0 Å². The Bertz CT molecular complexity index is 618. The van der Waals surface area contributed by atoms with E-state index in [1.807, 2.05) is 29.1 Å². The summed E-state index contributed by atoms with van der Waals surface area (Å²) in [6.07, 6.45) is 10.5. The topological polar surface area (TPSA) is 68.5 Å². The highest BCUT2D eigenvalue weighted by Crippen LogP contribution is 2.06. The van der Waals surface area contributed by atoms with Crippen LogP contribution in [-0.2, 0) is 6.54 Å². The van der Waals surface area contributed by atoms with E-state index in [1.54, 1.807) is 31.0 Å². The number of nitrogens with zero attached hydrogens (tertiary/aromatic N) is 5. The highest BCUT2D eigenvalue weighted by atomic mass is 15.1. The van der Waals surface area contributed by atoms with Crippen molar-refractivity contribution in [3.05, 3.63) is 61.1 Å². The molecule has 0 unspecified atom stereocenters. The van der Waals surface area contributed by atoms with Crippen molar-refractivity contribution in [3.8, 4) is 5.82 Å². The monoisotopic (exact) mass is 252 g/mol. The molecule has 0 aliphatic heterocycles. The van der Waals surface area contributed by atoms with Crippen molar-refractivity contribution in [2.24, 2.45) is 0 Å². The second kappa shape index (κ2) is 5.26. The largest absolute Gasteiger partial charge is 0.350 e. The van der Waals surface area contributed by atoms with E-state index in [9.17, 15) is 0 Å². The zero-order valence-corrected chi connectivity index (χ0v) is 10.1. The number of anilines is 1. The standard InChI is InChI=1S/C13H12N6/c1-4-15-13(16-5-1)18-9-11-2-3-12(17-8-11)19-7-6-14-10-19/h1-8,10H,9H2,(H,15,16,18). The quantitative estimate of drug-likeness (QED) is 0.765. The van der Waals surface area contributed by atoms with Gasteiger partial charge in [0.25, 0.3) is 0 Å². The summed E-state index contributed by atoms with van der Waals surface area (Å²) in [6.45, 7) is 0.640. The third-order valence-electron chi connectivity index (χ3n) is 2.59. The number of hydrogen-bond donors (Lipinski definition) is 1. The van der Waals surface area contributed by atoms with Gasteiger partial charge < -0.3 is 5.32 Å². The van der Waals surface area contributed by atoms with Crippen LogP contribution >= 0.6 is 0 Å². The molecule has 6 nitrogen and oxygen atoms in total. The lowest BCUT2D eigenvalue weighted by molar-refractivity contribution is 0.973. The second-order valence-corrected chi connectivity index (χ2v) is 3.92. The summed E-state index contributed by atoms with van der Waals surface area (Å²) in [6, 6.07) is 5.75. The molecule has 0 atom stereocenters. The van der Waals surface area contributed by atoms with Crippen molar-refractivity contribution in [2.45, 2.75) is 6.54 Å². The minimum atomic E-state index is 0.612. The molecule has 0 aliphatic rings. The van der Waals surface area contributed by atoms with Crippen LogP contribution < -0.4 is 5.32 Å². The molecule has 6 heteroatoms. The normalized spacial score (nSPS) is 10.3. The lowest BCUT2D eigenvalue weighted by Crippen LogP contribution is -2.04. The zero-order chi connectivity index (χ0) is 12.9. The first-order valence-corrected chi connectivity index (χ1v) is 5.86. The fourth-order valence-corrected chi connectivity index (χ4v) is 1.64. The Morgan fingerprint density at radius 1 is 1.05 bits per heavy atom. The minimum absolute atomic E-state index is 0.612. The molecule has 0 fully saturated rings. The van der Waals surface area contributed by atoms with Gasteiger partial charge in [-0.2, -0.15) is 0 Å². The molecule has 0 amide bonds. The van der Waals surface area contributed by atoms with Crippen LogP contribution in [0.2, 0.25) is 0 Å². The summed E-state index contributed by atoms with van der Waals surface area (Å²) >= 11 is 0. The number of imidazole rings is 1. The maximum atomic E-state index is 4.38. The van der Waals surface area contributed by atoms with Crippen LogP contribution in [0.3, 0.4) is 0 Å². The SMILES string of the molecule is c1cnc(NCc2ccc(-n3ccnc3)nc2)nc1. The Balaban J connectivity index is 1.67. The van der Waals surface area contributed by atoms with Gasteiger partial charge in [0.1, 0.15) is 12.1 Å². The van der Waals surface area contributed by atoms with Gasteiger partial charge in [-0.15, -0.1) is 0 Å². The number of rotatable bonds is 4. The lowest BCUT2D eigenvalue weighted by atomic mass is 10.3. The van der Waals surface area contributed by atoms with Crippen LogP contribution in [0.1, 0.15) is 5.56 Å². The summed E-state index contributed by atoms with van der Waals surface area (Å²) in [5.74, 6) is 1.46. The molecule has 3 heterocycles. The number of nitrogens with one attached hydrogen (secondary N) is 1. The summed E-state index contributed by atoms with van der Waals surface area (Å²) in [4.78, 5) is 16.6. The summed E-state index contributed by atoms with van der Waals surface area (Å²) in [5, 5.41) is 3.13. The molecule has 0 saturated heterocycles. The van der Waals surface area contributed by atoms with Gasteiger partial charge in [-0.3, -0.25) is 4.57 Å². The molecular formula is C13H12N6. The van der Waals surface area contributed by atoms with E-state index in [1.165, 1.54) is 0 Å². The Hall–Kier alpha value is -2.76. The molecule has 0 aromatic carbocycles. The van der Waals surface area contributed by atoms with E-state index in [0.29, 0.717) is 12.5 Å². The first-order chi connectivity index (χ1) is 9.42. The van der Waals surface area contributed by atoms with Crippen LogP contribution in [0.4, 0.5) is 5.95 Å². The fraction of sp³-hybridized carbons (Fsp3) is 0.0769. The van der Waals surface area contributed by atoms with Crippen LogP contribution in [-0.4, -0.2) is 24.5 Å². The van der Waals surface area contributed by atoms with Gasteiger partial charge in [0.15, 0.2) is 0 Å². The Labute approximate surface area is 110 Å². The number of aromatic nitrogens is 5. The van der Waals surface area contributed by atoms with Gasteiger partial charge in [0.2, 0.25) is 5.95 Å².